The molecule has 0 amide bonds. The van der Waals surface area contributed by atoms with Crippen LogP contribution in [0.2, 0.25) is 0 Å². The predicted octanol–water partition coefficient (Wildman–Crippen LogP) is 5.65. The van der Waals surface area contributed by atoms with Gasteiger partial charge in [-0.3, -0.25) is 0 Å². The minimum Gasteiger partial charge on any atom is -0.183 e. The molecule has 0 aliphatic carbocycles. The van der Waals surface area contributed by atoms with Gasteiger partial charge < -0.3 is 0 Å². The molecule has 150 valence electrons. The van der Waals surface area contributed by atoms with E-state index in [4.69, 9.17) is 0 Å². The topological polar surface area (TPSA) is 0 Å². The van der Waals surface area contributed by atoms with E-state index >= 15 is 0 Å². The van der Waals surface area contributed by atoms with Crippen molar-refractivity contribution in [2.24, 2.45) is 0 Å². The second-order valence-electron chi connectivity index (χ2n) is 11.6. The Labute approximate surface area is 185 Å². The third kappa shape index (κ3) is 8.92. The first-order chi connectivity index (χ1) is 11.4. The van der Waals surface area contributed by atoms with E-state index in [1.807, 2.05) is 0 Å². The molecule has 0 radical (unpaired) electrons. The van der Waals surface area contributed by atoms with Crippen LogP contribution in [-0.4, -0.2) is 20.6 Å². The number of rotatable bonds is 4. The molecule has 0 unspecified atom stereocenters. The first-order valence-electron chi connectivity index (χ1n) is 9.97. The van der Waals surface area contributed by atoms with Crippen LogP contribution in [0.4, 0.5) is 0 Å². The van der Waals surface area contributed by atoms with Gasteiger partial charge in [-0.2, -0.15) is 35.4 Å². The average molecular weight is 400 g/mol. The fourth-order valence-electron chi connectivity index (χ4n) is 4.09. The van der Waals surface area contributed by atoms with Gasteiger partial charge in [-0.05, 0) is 20.6 Å². The van der Waals surface area contributed by atoms with Gasteiger partial charge in [-0.15, -0.1) is 15.8 Å². The smallest absolute Gasteiger partial charge is 0.183 e. The molecule has 0 saturated heterocycles. The first-order valence-corrected chi connectivity index (χ1v) is 13.0. The molecule has 0 nitrogen and oxygen atoms in total. The van der Waals surface area contributed by atoms with E-state index in [1.165, 1.54) is 23.5 Å². The zero-order valence-electron chi connectivity index (χ0n) is 20.5. The Bertz CT molecular complexity index is 503. The van der Waals surface area contributed by atoms with Crippen LogP contribution in [-0.2, 0) is 12.3 Å². The van der Waals surface area contributed by atoms with Crippen molar-refractivity contribution in [2.75, 3.05) is 0 Å². The van der Waals surface area contributed by atoms with Crippen LogP contribution >= 0.6 is 15.8 Å². The molecule has 1 aromatic carbocycles. The molecule has 0 saturated carbocycles. The molecule has 0 aromatic heterocycles. The van der Waals surface area contributed by atoms with Gasteiger partial charge in [-0.1, -0.05) is 95.4 Å². The van der Waals surface area contributed by atoms with Crippen molar-refractivity contribution in [3.8, 4) is 0 Å². The van der Waals surface area contributed by atoms with Crippen molar-refractivity contribution in [1.29, 1.82) is 0 Å². The monoisotopic (exact) mass is 400 g/mol. The molecule has 27 heavy (non-hydrogen) atoms. The SMILES string of the molecule is CC(C)(C)P(Cc1c[c-]cc(CP(C(C)(C)C)C(C)(C)C)c1)C(C)(C)C.[Li+]. The molecule has 0 aliphatic rings. The van der Waals surface area contributed by atoms with Crippen LogP contribution in [0.15, 0.2) is 18.2 Å². The number of benzene rings is 1. The van der Waals surface area contributed by atoms with Gasteiger partial charge >= 0.3 is 18.9 Å². The Kier molecular flexibility index (Phi) is 9.90. The molecular formula is C24H43LiP2. The zero-order chi connectivity index (χ0) is 20.6. The van der Waals surface area contributed by atoms with Gasteiger partial charge in [0.05, 0.1) is 0 Å². The van der Waals surface area contributed by atoms with Crippen molar-refractivity contribution >= 4 is 15.8 Å². The molecule has 0 bridgehead atoms. The maximum atomic E-state index is 3.47. The normalized spacial score (nSPS) is 13.9. The molecule has 0 fully saturated rings. The van der Waals surface area contributed by atoms with E-state index in [1.54, 1.807) is 0 Å². The minimum absolute atomic E-state index is 0. The third-order valence-corrected chi connectivity index (χ3v) is 12.7. The summed E-state index contributed by atoms with van der Waals surface area (Å²) in [7, 11) is -0.223. The van der Waals surface area contributed by atoms with E-state index < -0.39 is 0 Å². The molecule has 0 aliphatic heterocycles. The largest absolute Gasteiger partial charge is 1.00 e. The Morgan fingerprint density at radius 2 is 0.852 bits per heavy atom. The van der Waals surface area contributed by atoms with Crippen molar-refractivity contribution in [3.63, 3.8) is 0 Å². The van der Waals surface area contributed by atoms with E-state index in [9.17, 15) is 0 Å². The van der Waals surface area contributed by atoms with Gasteiger partial charge in [0.25, 0.3) is 0 Å². The summed E-state index contributed by atoms with van der Waals surface area (Å²) < 4.78 is 0. The molecular weight excluding hydrogens is 357 g/mol. The first kappa shape index (κ1) is 27.7. The molecule has 0 N–H and O–H groups in total. The average Bonchev–Trinajstić information content (AvgIpc) is 2.37. The fraction of sp³-hybridized carbons (Fsp3) is 0.750. The Morgan fingerprint density at radius 3 is 1.07 bits per heavy atom. The molecule has 1 rings (SSSR count). The van der Waals surface area contributed by atoms with Gasteiger partial charge in [-0.25, -0.2) is 0 Å². The minimum atomic E-state index is -0.112. The maximum absolute atomic E-state index is 3.47. The number of hydrogen-bond donors (Lipinski definition) is 0. The second-order valence-corrected chi connectivity index (χ2v) is 19.3. The molecule has 0 heterocycles. The van der Waals surface area contributed by atoms with E-state index in [2.05, 4.69) is 107 Å². The summed E-state index contributed by atoms with van der Waals surface area (Å²) in [5.74, 6) is 0. The summed E-state index contributed by atoms with van der Waals surface area (Å²) in [5, 5.41) is 1.47. The van der Waals surface area contributed by atoms with Crippen LogP contribution in [0.1, 0.15) is 94.2 Å². The van der Waals surface area contributed by atoms with E-state index in [-0.39, 0.29) is 34.7 Å². The summed E-state index contributed by atoms with van der Waals surface area (Å²) in [5.41, 5.74) is 2.97. The van der Waals surface area contributed by atoms with E-state index in [0.717, 1.165) is 0 Å². The van der Waals surface area contributed by atoms with Crippen molar-refractivity contribution in [3.05, 3.63) is 35.4 Å². The predicted molar refractivity (Wildman–Crippen MR) is 126 cm³/mol. The Balaban J connectivity index is 0.00000676. The van der Waals surface area contributed by atoms with Crippen molar-refractivity contribution in [1.82, 2.24) is 0 Å². The number of hydrogen-bond acceptors (Lipinski definition) is 0. The van der Waals surface area contributed by atoms with Crippen LogP contribution in [0.5, 0.6) is 0 Å². The second kappa shape index (κ2) is 9.66. The maximum Gasteiger partial charge on any atom is 1.00 e. The summed E-state index contributed by atoms with van der Waals surface area (Å²) in [6.07, 6.45) is 2.41. The summed E-state index contributed by atoms with van der Waals surface area (Å²) in [6.45, 7) is 29.0. The van der Waals surface area contributed by atoms with Crippen LogP contribution in [0, 0.1) is 6.07 Å². The molecule has 0 spiro atoms. The Hall–Kier alpha value is 0.677. The molecule has 3 heteroatoms. The standard InChI is InChI=1S/C24H43P2.Li/c1-21(2,3)25(22(4,5)6)17-19-14-13-15-20(16-19)18-26(23(7,8)9)24(10,11)12;/h14-16H,17-18H2,1-12H3;/q-1;+1. The van der Waals surface area contributed by atoms with Crippen LogP contribution < -0.4 is 18.9 Å². The van der Waals surface area contributed by atoms with Gasteiger partial charge in [0.15, 0.2) is 0 Å². The van der Waals surface area contributed by atoms with Crippen LogP contribution in [0.25, 0.3) is 0 Å². The molecule has 1 aromatic rings. The van der Waals surface area contributed by atoms with Gasteiger partial charge in [0.2, 0.25) is 0 Å². The van der Waals surface area contributed by atoms with E-state index in [0.29, 0.717) is 20.6 Å². The summed E-state index contributed by atoms with van der Waals surface area (Å²) >= 11 is 0. The van der Waals surface area contributed by atoms with Gasteiger partial charge in [0.1, 0.15) is 0 Å². The third-order valence-electron chi connectivity index (χ3n) is 4.83. The van der Waals surface area contributed by atoms with Crippen LogP contribution in [0.3, 0.4) is 0 Å². The fourth-order valence-corrected chi connectivity index (χ4v) is 11.1. The van der Waals surface area contributed by atoms with Gasteiger partial charge in [0, 0.05) is 0 Å². The summed E-state index contributed by atoms with van der Waals surface area (Å²) in [6, 6.07) is 10.4. The molecule has 0 atom stereocenters. The quantitative estimate of drug-likeness (QED) is 0.348. The van der Waals surface area contributed by atoms with Crippen molar-refractivity contribution < 1.29 is 18.9 Å². The zero-order valence-corrected chi connectivity index (χ0v) is 22.3. The summed E-state index contributed by atoms with van der Waals surface area (Å²) in [4.78, 5) is 0. The van der Waals surface area contributed by atoms with Crippen molar-refractivity contribution in [2.45, 2.75) is 116 Å². The Morgan fingerprint density at radius 1 is 0.593 bits per heavy atom.